The minimum Gasteiger partial charge on any atom is -0.490 e. The number of ether oxygens (including phenoxy) is 6. The summed E-state index contributed by atoms with van der Waals surface area (Å²) >= 11 is 1.85. The summed E-state index contributed by atoms with van der Waals surface area (Å²) in [6, 6.07) is 14.4. The smallest absolute Gasteiger partial charge is 0.251 e. The number of nitriles is 2. The van der Waals surface area contributed by atoms with Crippen molar-refractivity contribution in [1.29, 1.82) is 10.5 Å². The average Bonchev–Trinajstić information content (AvgIpc) is 3.33. The van der Waals surface area contributed by atoms with E-state index in [1.165, 1.54) is 0 Å². The molecule has 0 fully saturated rings. The van der Waals surface area contributed by atoms with E-state index in [2.05, 4.69) is 55.6 Å². The quantitative estimate of drug-likeness (QED) is 0.0252. The number of nitrogens with one attached hydrogen (secondary N) is 6. The highest BCUT2D eigenvalue weighted by Crippen LogP contribution is 2.27. The van der Waals surface area contributed by atoms with Crippen LogP contribution >= 0.6 is 23.5 Å². The molecule has 2 aromatic carbocycles. The number of amides is 4. The van der Waals surface area contributed by atoms with Gasteiger partial charge in [0.25, 0.3) is 11.8 Å². The Morgan fingerprint density at radius 3 is 1.59 bits per heavy atom. The van der Waals surface area contributed by atoms with Gasteiger partial charge in [0.1, 0.15) is 48.7 Å². The van der Waals surface area contributed by atoms with E-state index in [4.69, 9.17) is 33.7 Å². The summed E-state index contributed by atoms with van der Waals surface area (Å²) in [4.78, 5) is 47.2. The van der Waals surface area contributed by atoms with Crippen LogP contribution in [0.1, 0.15) is 83.0 Å². The van der Waals surface area contributed by atoms with Crippen LogP contribution in [0, 0.1) is 56.8 Å². The van der Waals surface area contributed by atoms with Crippen molar-refractivity contribution in [3.8, 4) is 46.0 Å². The summed E-state index contributed by atoms with van der Waals surface area (Å²) in [6.07, 6.45) is 0. The monoisotopic (exact) mass is 1020 g/mol. The highest BCUT2D eigenvalue weighted by atomic mass is 32.2. The molecule has 0 bridgehead atoms. The Labute approximate surface area is 429 Å². The van der Waals surface area contributed by atoms with E-state index in [9.17, 15) is 24.4 Å². The van der Waals surface area contributed by atoms with Gasteiger partial charge in [0.15, 0.2) is 10.4 Å². The van der Waals surface area contributed by atoms with E-state index in [-0.39, 0.29) is 101 Å². The predicted molar refractivity (Wildman–Crippen MR) is 278 cm³/mol. The number of nitrogens with zero attached hydrogens (tertiary/aromatic N) is 2. The zero-order valence-corrected chi connectivity index (χ0v) is 44.3. The molecule has 20 heteroatoms. The molecule has 2 unspecified atom stereocenters. The summed E-state index contributed by atoms with van der Waals surface area (Å²) < 4.78 is 33.6. The van der Waals surface area contributed by atoms with Crippen LogP contribution in [0.4, 0.5) is 0 Å². The lowest BCUT2D eigenvalue weighted by molar-refractivity contribution is -0.127. The van der Waals surface area contributed by atoms with Crippen LogP contribution in [0.3, 0.4) is 0 Å². The zero-order valence-electron chi connectivity index (χ0n) is 42.7. The van der Waals surface area contributed by atoms with Crippen molar-refractivity contribution in [2.24, 2.45) is 11.8 Å². The van der Waals surface area contributed by atoms with Crippen LogP contribution in [0.2, 0.25) is 0 Å². The number of hydrogen-bond acceptors (Lipinski definition) is 16. The molecule has 2 rings (SSSR count). The first-order chi connectivity index (χ1) is 34.0. The van der Waals surface area contributed by atoms with Crippen LogP contribution in [0.15, 0.2) is 48.5 Å². The second kappa shape index (κ2) is 39.1. The molecule has 2 atom stereocenters. The molecule has 0 aromatic heterocycles. The van der Waals surface area contributed by atoms with Crippen molar-refractivity contribution in [2.75, 3.05) is 92.1 Å². The molecule has 0 saturated carbocycles. The van der Waals surface area contributed by atoms with Crippen LogP contribution in [-0.2, 0) is 28.5 Å². The topological polar surface area (TPSA) is 243 Å². The van der Waals surface area contributed by atoms with Gasteiger partial charge in [-0.05, 0) is 66.8 Å². The molecule has 0 aliphatic heterocycles. The van der Waals surface area contributed by atoms with Crippen molar-refractivity contribution >= 4 is 47.2 Å². The van der Waals surface area contributed by atoms with Gasteiger partial charge in [-0.15, -0.1) is 0 Å². The van der Waals surface area contributed by atoms with Gasteiger partial charge in [-0.3, -0.25) is 19.2 Å². The van der Waals surface area contributed by atoms with Gasteiger partial charge < -0.3 is 60.3 Å². The third kappa shape index (κ3) is 34.4. The maximum absolute atomic E-state index is 12.4. The Bertz CT molecular complexity index is 2090. The highest BCUT2D eigenvalue weighted by Gasteiger charge is 2.28. The predicted octanol–water partition coefficient (Wildman–Crippen LogP) is 4.67. The van der Waals surface area contributed by atoms with E-state index in [1.54, 1.807) is 55.5 Å². The Morgan fingerprint density at radius 1 is 0.634 bits per heavy atom. The number of benzene rings is 2. The van der Waals surface area contributed by atoms with E-state index < -0.39 is 10.4 Å². The van der Waals surface area contributed by atoms with Crippen LogP contribution in [-0.4, -0.2) is 138 Å². The number of carbonyl (C=O) groups is 4. The van der Waals surface area contributed by atoms with Gasteiger partial charge in [-0.1, -0.05) is 91.2 Å². The van der Waals surface area contributed by atoms with Crippen molar-refractivity contribution in [2.45, 2.75) is 84.8 Å². The van der Waals surface area contributed by atoms with Crippen LogP contribution < -0.4 is 41.4 Å². The molecule has 6 N–H and O–H groups in total. The molecule has 390 valence electrons. The van der Waals surface area contributed by atoms with Gasteiger partial charge in [-0.25, -0.2) is 0 Å². The number of hydrogen-bond donors (Lipinski definition) is 6. The fourth-order valence-electron chi connectivity index (χ4n) is 5.27. The molecule has 0 heterocycles. The molecule has 0 radical (unpaired) electrons. The van der Waals surface area contributed by atoms with Crippen molar-refractivity contribution in [1.82, 2.24) is 31.9 Å². The van der Waals surface area contributed by atoms with Crippen molar-refractivity contribution in [3.05, 3.63) is 59.7 Å². The summed E-state index contributed by atoms with van der Waals surface area (Å²) in [5.74, 6) is 12.3. The first-order valence-corrected chi connectivity index (χ1v) is 25.2. The van der Waals surface area contributed by atoms with Crippen molar-refractivity contribution < 1.29 is 47.6 Å². The third-order valence-corrected chi connectivity index (χ3v) is 10.0. The molecule has 18 nitrogen and oxygen atoms in total. The van der Waals surface area contributed by atoms with Crippen LogP contribution in [0.5, 0.6) is 11.5 Å². The lowest BCUT2D eigenvalue weighted by Gasteiger charge is -2.26. The Morgan fingerprint density at radius 2 is 1.13 bits per heavy atom. The second-order valence-corrected chi connectivity index (χ2v) is 18.9. The maximum Gasteiger partial charge on any atom is 0.251 e. The van der Waals surface area contributed by atoms with Gasteiger partial charge in [-0.2, -0.15) is 10.5 Å². The lowest BCUT2D eigenvalue weighted by Crippen LogP contribution is -2.35. The lowest BCUT2D eigenvalue weighted by atomic mass is 10.2. The molecule has 71 heavy (non-hydrogen) atoms. The van der Waals surface area contributed by atoms with E-state index in [0.29, 0.717) is 60.9 Å². The van der Waals surface area contributed by atoms with Gasteiger partial charge in [0.05, 0.1) is 39.5 Å². The Balaban J connectivity index is 0.000000710. The summed E-state index contributed by atoms with van der Waals surface area (Å²) in [5, 5.41) is 39.7. The zero-order chi connectivity index (χ0) is 52.7. The molecular weight excluding hydrogens is 949 g/mol. The Kier molecular flexibility index (Phi) is 35.0. The summed E-state index contributed by atoms with van der Waals surface area (Å²) in [7, 11) is 0. The molecule has 2 aromatic rings. The fourth-order valence-corrected chi connectivity index (χ4v) is 6.14. The van der Waals surface area contributed by atoms with Gasteiger partial charge in [0.2, 0.25) is 11.8 Å². The fraction of sp³-hybridized carbons (Fsp3) is 0.569. The van der Waals surface area contributed by atoms with Crippen molar-refractivity contribution in [3.63, 3.8) is 0 Å². The maximum atomic E-state index is 12.4. The largest absolute Gasteiger partial charge is 0.490 e. The normalized spacial score (nSPS) is 11.8. The highest BCUT2D eigenvalue weighted by molar-refractivity contribution is 8.04. The second-order valence-electron chi connectivity index (χ2n) is 16.7. The summed E-state index contributed by atoms with van der Waals surface area (Å²) in [5.41, 5.74) is 0.414. The molecule has 0 aliphatic carbocycles. The van der Waals surface area contributed by atoms with Gasteiger partial charge in [0, 0.05) is 61.2 Å². The number of rotatable bonds is 32. The average molecular weight is 1020 g/mol. The first kappa shape index (κ1) is 63.5. The molecule has 0 aliphatic rings. The van der Waals surface area contributed by atoms with Crippen LogP contribution in [0.25, 0.3) is 0 Å². The van der Waals surface area contributed by atoms with E-state index in [1.807, 2.05) is 66.2 Å². The SMILES string of the molecule is CC(C)C#CCNC(=O)COCCOC(C)(COc1cccc(C(=O)NCCNC(C)C)c1)SC#N.CC(C)C#CCNC(=O)COCCOC(COc1cccc(C(=O)NCCNC(C)C)c1)SC#N. The minimum absolute atomic E-state index is 0.0730. The number of thiocyanates is 2. The standard InChI is InChI=1S/C26H38N4O5S.C25H36N4O5S/c1-20(2)8-7-11-29-24(31)17-33-14-15-35-26(5,36-19-27)18-34-23-10-6-9-22(16-23)25(32)30-13-12-28-21(3)4;1-19(2)7-6-10-28-23(30)16-32-13-14-33-24(35-18-26)17-34-22-9-5-8-21(15-22)25(31)29-12-11-27-20(3)4/h6,9-10,16,20-21,28H,11-15,17-18H2,1-5H3,(H,29,31)(H,30,32);5,8-9,15,19-20,24,27H,10-14,16-17H2,1-4H3,(H,28,30)(H,29,31). The first-order valence-electron chi connectivity index (χ1n) is 23.5. The van der Waals surface area contributed by atoms with E-state index in [0.717, 1.165) is 23.5 Å². The number of thioether (sulfide) groups is 2. The van der Waals surface area contributed by atoms with E-state index >= 15 is 0 Å². The minimum atomic E-state index is -0.965. The third-order valence-electron chi connectivity index (χ3n) is 8.61. The number of carbonyl (C=O) groups excluding carboxylic acids is 4. The molecule has 0 spiro atoms. The Hall–Kier alpha value is -5.52. The molecule has 4 amide bonds. The van der Waals surface area contributed by atoms with Gasteiger partial charge >= 0.3 is 0 Å². The summed E-state index contributed by atoms with van der Waals surface area (Å²) in [6.45, 7) is 21.5. The molecular formula is C51H74N8O10S2. The molecule has 0 saturated heterocycles.